The maximum absolute atomic E-state index is 13.9. The van der Waals surface area contributed by atoms with Crippen molar-refractivity contribution in [2.45, 2.75) is 281 Å². The van der Waals surface area contributed by atoms with Gasteiger partial charge in [-0.2, -0.15) is 12.6 Å². The summed E-state index contributed by atoms with van der Waals surface area (Å²) in [5.74, 6) is -0.0115. The van der Waals surface area contributed by atoms with Crippen molar-refractivity contribution in [1.29, 1.82) is 0 Å². The number of alkyl carbamates (subject to hydrolysis) is 6. The van der Waals surface area contributed by atoms with Crippen LogP contribution in [0, 0.1) is 0 Å². The molecule has 0 aromatic rings. The Hall–Kier alpha value is -4.16. The number of thiol groups is 1. The van der Waals surface area contributed by atoms with Crippen LogP contribution >= 0.6 is 24.4 Å². The molecule has 3 aliphatic heterocycles. The van der Waals surface area contributed by atoms with Crippen molar-refractivity contribution in [2.24, 2.45) is 0 Å². The molecule has 0 bridgehead atoms. The molecule has 86 heavy (non-hydrogen) atoms. The van der Waals surface area contributed by atoms with Crippen LogP contribution in [-0.4, -0.2) is 241 Å². The van der Waals surface area contributed by atoms with Gasteiger partial charge in [0.25, 0.3) is 0 Å². The van der Waals surface area contributed by atoms with Crippen LogP contribution in [0.25, 0.3) is 0 Å². The number of ether oxygens (including phenoxy) is 12. The minimum atomic E-state index is -1.97. The minimum absolute atomic E-state index is 0.0115. The van der Waals surface area contributed by atoms with E-state index >= 15 is 0 Å². The number of carbonyl (C=O) groups is 6. The zero-order chi connectivity index (χ0) is 65.4. The third kappa shape index (κ3) is 24.0. The summed E-state index contributed by atoms with van der Waals surface area (Å²) in [6.07, 6.45) is -32.9. The fraction of sp³-hybridized carbons (Fsp3) is 0.889. The lowest BCUT2D eigenvalue weighted by atomic mass is 9.83. The molecule has 6 amide bonds. The lowest BCUT2D eigenvalue weighted by Crippen LogP contribution is -2.70. The molecule has 19 atom stereocenters. The SMILES string of the molecule is CC(C)(C)OC(=O)NCC1OC(OC2C(CSCS)OC(OC3C(O)C(NC(=O)OC(C)(C)C)CC(NC(=O)OC(C)(C)C)C3OC3OC(CNC(=O)OC(C)(C)C)C(O)C(O)C3NC(=O)OC(C)(C)C)C2O)C(NC(=O)OC(C)(C)C)C(O)C1O. The van der Waals surface area contributed by atoms with Crippen LogP contribution in [0.5, 0.6) is 0 Å². The van der Waals surface area contributed by atoms with Crippen molar-refractivity contribution in [3.8, 4) is 0 Å². The van der Waals surface area contributed by atoms with E-state index < -0.39 is 206 Å². The zero-order valence-electron chi connectivity index (χ0n) is 52.4. The molecule has 498 valence electrons. The van der Waals surface area contributed by atoms with Gasteiger partial charge in [-0.3, -0.25) is 0 Å². The Kier molecular flexibility index (Phi) is 26.0. The highest BCUT2D eigenvalue weighted by molar-refractivity contribution is 8.09. The van der Waals surface area contributed by atoms with Crippen LogP contribution in [0.3, 0.4) is 0 Å². The summed E-state index contributed by atoms with van der Waals surface area (Å²) in [6.45, 7) is 27.7. The first-order valence-corrected chi connectivity index (χ1v) is 30.1. The lowest BCUT2D eigenvalue weighted by Gasteiger charge is -2.49. The van der Waals surface area contributed by atoms with Crippen molar-refractivity contribution in [3.63, 3.8) is 0 Å². The largest absolute Gasteiger partial charge is 0.444 e. The van der Waals surface area contributed by atoms with Crippen LogP contribution in [0.15, 0.2) is 0 Å². The molecule has 0 aromatic carbocycles. The summed E-state index contributed by atoms with van der Waals surface area (Å²) >= 11 is 5.54. The maximum Gasteiger partial charge on any atom is 0.408 e. The molecule has 4 rings (SSSR count). The number of rotatable bonds is 17. The summed E-state index contributed by atoms with van der Waals surface area (Å²) in [6, 6.07) is -6.25. The molecule has 0 radical (unpaired) electrons. The van der Waals surface area contributed by atoms with Gasteiger partial charge in [-0.1, -0.05) is 0 Å². The Morgan fingerprint density at radius 1 is 0.407 bits per heavy atom. The van der Waals surface area contributed by atoms with E-state index in [1.807, 2.05) is 0 Å². The zero-order valence-corrected chi connectivity index (χ0v) is 54.1. The van der Waals surface area contributed by atoms with E-state index in [-0.39, 0.29) is 10.8 Å². The molecule has 12 N–H and O–H groups in total. The summed E-state index contributed by atoms with van der Waals surface area (Å²) in [7, 11) is 0. The fourth-order valence-corrected chi connectivity index (χ4v) is 10.0. The summed E-state index contributed by atoms with van der Waals surface area (Å²) in [5, 5.41) is 86.9. The van der Waals surface area contributed by atoms with Gasteiger partial charge in [0, 0.05) is 23.9 Å². The second-order valence-electron chi connectivity index (χ2n) is 27.2. The van der Waals surface area contributed by atoms with E-state index in [2.05, 4.69) is 44.5 Å². The monoisotopic (exact) mass is 1280 g/mol. The van der Waals surface area contributed by atoms with Gasteiger partial charge < -0.3 is 119 Å². The number of amides is 6. The van der Waals surface area contributed by atoms with E-state index in [1.165, 1.54) is 11.8 Å². The van der Waals surface area contributed by atoms with Gasteiger partial charge in [0.1, 0.15) is 113 Å². The van der Waals surface area contributed by atoms with E-state index in [0.29, 0.717) is 0 Å². The number of carbonyl (C=O) groups excluding carboxylic acids is 6. The van der Waals surface area contributed by atoms with Crippen LogP contribution in [0.4, 0.5) is 28.8 Å². The van der Waals surface area contributed by atoms with E-state index in [9.17, 15) is 59.4 Å². The first-order chi connectivity index (χ1) is 39.2. The summed E-state index contributed by atoms with van der Waals surface area (Å²) in [4.78, 5) is 80.0. The molecule has 19 unspecified atom stereocenters. The molecular weight excluding hydrogens is 1180 g/mol. The topological polar surface area (TPSA) is 407 Å². The average molecular weight is 1280 g/mol. The van der Waals surface area contributed by atoms with Crippen LogP contribution in [-0.2, 0) is 56.8 Å². The summed E-state index contributed by atoms with van der Waals surface area (Å²) in [5.41, 5.74) is -6.19. The molecule has 32 heteroatoms. The Labute approximate surface area is 512 Å². The highest BCUT2D eigenvalue weighted by Crippen LogP contribution is 2.37. The molecule has 3 saturated heterocycles. The number of aliphatic hydroxyl groups is 6. The number of thioether (sulfide) groups is 1. The Morgan fingerprint density at radius 2 is 0.733 bits per heavy atom. The van der Waals surface area contributed by atoms with Gasteiger partial charge in [-0.25, -0.2) is 28.8 Å². The average Bonchev–Trinajstić information content (AvgIpc) is 1.36. The molecule has 3 heterocycles. The molecule has 4 fully saturated rings. The first kappa shape index (κ1) is 74.3. The van der Waals surface area contributed by atoms with Gasteiger partial charge in [0.2, 0.25) is 0 Å². The van der Waals surface area contributed by atoms with Crippen molar-refractivity contribution in [1.82, 2.24) is 31.9 Å². The normalized spacial score (nSPS) is 32.8. The van der Waals surface area contributed by atoms with Gasteiger partial charge >= 0.3 is 36.6 Å². The van der Waals surface area contributed by atoms with E-state index in [0.717, 1.165) is 0 Å². The predicted octanol–water partition coefficient (Wildman–Crippen LogP) is 2.13. The number of hydrogen-bond acceptors (Lipinski definition) is 26. The number of nitrogens with one attached hydrogen (secondary N) is 6. The second-order valence-corrected chi connectivity index (χ2v) is 29.0. The van der Waals surface area contributed by atoms with Crippen molar-refractivity contribution < 1.29 is 116 Å². The van der Waals surface area contributed by atoms with Crippen molar-refractivity contribution >= 4 is 61.0 Å². The first-order valence-electron chi connectivity index (χ1n) is 28.3. The molecule has 1 aliphatic carbocycles. The van der Waals surface area contributed by atoms with Gasteiger partial charge in [-0.05, 0) is 131 Å². The molecule has 0 aromatic heterocycles. The molecule has 1 saturated carbocycles. The highest BCUT2D eigenvalue weighted by atomic mass is 32.2. The third-order valence-corrected chi connectivity index (χ3v) is 13.7. The minimum Gasteiger partial charge on any atom is -0.444 e. The Bertz CT molecular complexity index is 2250. The molecule has 0 spiro atoms. The maximum atomic E-state index is 13.9. The van der Waals surface area contributed by atoms with Crippen molar-refractivity contribution in [3.05, 3.63) is 0 Å². The lowest BCUT2D eigenvalue weighted by molar-refractivity contribution is -0.310. The summed E-state index contributed by atoms with van der Waals surface area (Å²) < 4.78 is 71.5. The highest BCUT2D eigenvalue weighted by Gasteiger charge is 2.57. The molecule has 30 nitrogen and oxygen atoms in total. The Balaban J connectivity index is 1.88. The molecular formula is C54H96N6O24S2. The molecule has 4 aliphatic rings. The van der Waals surface area contributed by atoms with Gasteiger partial charge in [0.05, 0.1) is 18.2 Å². The van der Waals surface area contributed by atoms with Gasteiger partial charge in [0.15, 0.2) is 18.9 Å². The predicted molar refractivity (Wildman–Crippen MR) is 309 cm³/mol. The third-order valence-electron chi connectivity index (χ3n) is 12.4. The van der Waals surface area contributed by atoms with Crippen LogP contribution in [0.1, 0.15) is 131 Å². The van der Waals surface area contributed by atoms with E-state index in [4.69, 9.17) is 56.8 Å². The Morgan fingerprint density at radius 3 is 1.10 bits per heavy atom. The van der Waals surface area contributed by atoms with Crippen LogP contribution in [0.2, 0.25) is 0 Å². The second kappa shape index (κ2) is 30.1. The smallest absolute Gasteiger partial charge is 0.408 e. The van der Waals surface area contributed by atoms with E-state index in [1.54, 1.807) is 125 Å². The van der Waals surface area contributed by atoms with Crippen LogP contribution < -0.4 is 31.9 Å². The van der Waals surface area contributed by atoms with Gasteiger partial charge in [-0.15, -0.1) is 11.8 Å². The van der Waals surface area contributed by atoms with Crippen molar-refractivity contribution in [2.75, 3.05) is 23.9 Å². The number of hydrogen-bond donors (Lipinski definition) is 13. The standard InChI is InChI=1S/C54H96N6O24S2/c1-49(2,3)79-43(67)55-20-26-32(62)34(64)29(59-47(71)83-53(13,14)15)40(73-26)76-37-25(58-46(70)82-52(10,11)12)19-24(57-45(69)81-51(7,8)9)31(61)39(37)78-42-36(66)38(28(75-42)22-86-23-85)77-41-30(60-48(72)84-54(16,17)18)35(65)33(63)27(74-41)21-56-44(68)80-50(4,5)6/h24-42,61-66,85H,19-23H2,1-18H3,(H,55,67)(H,56,68)(H,57,69)(H,58,70)(H,59,71)(H,60,72). The fourth-order valence-electron chi connectivity index (χ4n) is 9.11. The quantitative estimate of drug-likeness (QED) is 0.0563. The number of aliphatic hydroxyl groups excluding tert-OH is 6.